The first-order valence-electron chi connectivity index (χ1n) is 2.02. The Morgan fingerprint density at radius 2 is 2.00 bits per heavy atom. The van der Waals surface area contributed by atoms with E-state index < -0.39 is 0 Å². The van der Waals surface area contributed by atoms with Crippen molar-refractivity contribution in [3.63, 3.8) is 0 Å². The van der Waals surface area contributed by atoms with Crippen LogP contribution in [0.5, 0.6) is 0 Å². The molecule has 8 heavy (non-hydrogen) atoms. The summed E-state index contributed by atoms with van der Waals surface area (Å²) in [5.41, 5.74) is 0. The van der Waals surface area contributed by atoms with Gasteiger partial charge in [-0.15, -0.1) is 0 Å². The molecule has 0 unspecified atom stereocenters. The van der Waals surface area contributed by atoms with Crippen LogP contribution in [0.2, 0.25) is 0 Å². The monoisotopic (exact) mass is 128 g/mol. The van der Waals surface area contributed by atoms with E-state index in [0.717, 1.165) is 0 Å². The van der Waals surface area contributed by atoms with Crippen LogP contribution in [0.15, 0.2) is 18.5 Å². The Labute approximate surface area is 51.8 Å². The lowest BCUT2D eigenvalue weighted by Crippen LogP contribution is -1.73. The number of aromatic nitrogens is 2. The van der Waals surface area contributed by atoms with Crippen LogP contribution in [-0.4, -0.2) is 9.97 Å². The third-order valence-corrected chi connectivity index (χ3v) is 0.779. The Bertz CT molecular complexity index is 153. The summed E-state index contributed by atoms with van der Waals surface area (Å²) in [6.45, 7) is 0. The van der Waals surface area contributed by atoms with Crippen LogP contribution in [0.4, 0.5) is 5.95 Å². The van der Waals surface area contributed by atoms with Gasteiger partial charge in [0.25, 0.3) is 0 Å². The number of halogens is 1. The van der Waals surface area contributed by atoms with E-state index in [0.29, 0.717) is 5.95 Å². The van der Waals surface area contributed by atoms with Gasteiger partial charge < -0.3 is 9.97 Å². The smallest absolute Gasteiger partial charge is 0.0388 e. The molecule has 0 aliphatic heterocycles. The molecule has 0 amide bonds. The summed E-state index contributed by atoms with van der Waals surface area (Å²) in [6.07, 6.45) is 3.16. The van der Waals surface area contributed by atoms with Crippen molar-refractivity contribution < 1.29 is 0 Å². The first-order chi connectivity index (χ1) is 3.93. The Morgan fingerprint density at radius 1 is 1.38 bits per heavy atom. The summed E-state index contributed by atoms with van der Waals surface area (Å²) in [7, 11) is 0. The molecule has 0 aliphatic rings. The Kier molecular flexibility index (Phi) is 1.64. The zero-order valence-electron chi connectivity index (χ0n) is 3.95. The molecule has 0 bridgehead atoms. The molecule has 4 heteroatoms. The quantitative estimate of drug-likeness (QED) is 0.577. The van der Waals surface area contributed by atoms with Gasteiger partial charge in [-0.3, -0.25) is 4.84 Å². The molecule has 0 fully saturated rings. The van der Waals surface area contributed by atoms with Crippen molar-refractivity contribution in [3.8, 4) is 0 Å². The van der Waals surface area contributed by atoms with Crippen molar-refractivity contribution >= 4 is 17.7 Å². The largest absolute Gasteiger partial charge is 0.366 e. The normalized spacial score (nSPS) is 8.62. The van der Waals surface area contributed by atoms with Gasteiger partial charge in [0, 0.05) is 5.95 Å². The Balaban J connectivity index is 2.83. The predicted molar refractivity (Wildman–Crippen MR) is 30.9 cm³/mol. The van der Waals surface area contributed by atoms with E-state index in [9.17, 15) is 0 Å². The lowest BCUT2D eigenvalue weighted by atomic mass is 10.7. The van der Waals surface area contributed by atoms with Crippen molar-refractivity contribution in [1.82, 2.24) is 9.97 Å². The van der Waals surface area contributed by atoms with E-state index in [-0.39, 0.29) is 0 Å². The van der Waals surface area contributed by atoms with Crippen molar-refractivity contribution in [3.05, 3.63) is 23.3 Å². The van der Waals surface area contributed by atoms with Crippen molar-refractivity contribution in [2.45, 2.75) is 0 Å². The Morgan fingerprint density at radius 3 is 2.38 bits per heavy atom. The van der Waals surface area contributed by atoms with Gasteiger partial charge in [0.05, 0.1) is 0 Å². The first kappa shape index (κ1) is 5.31. The molecule has 3 nitrogen and oxygen atoms in total. The summed E-state index contributed by atoms with van der Waals surface area (Å²) in [5.74, 6) is 0.300. The molecular formula is C4H3ClN3-. The van der Waals surface area contributed by atoms with Gasteiger partial charge in [0.15, 0.2) is 0 Å². The van der Waals surface area contributed by atoms with Crippen LogP contribution in [0.3, 0.4) is 0 Å². The number of hydrogen-bond donors (Lipinski definition) is 0. The Hall–Kier alpha value is -0.830. The summed E-state index contributed by atoms with van der Waals surface area (Å²) in [4.78, 5) is 10.6. The standard InChI is InChI=1S/C4H3ClN3/c5-8-4-6-2-1-3-7-4/h1-3H/q-1. The molecule has 42 valence electrons. The summed E-state index contributed by atoms with van der Waals surface area (Å²) >= 11 is 5.03. The highest BCUT2D eigenvalue weighted by Gasteiger charge is 1.70. The van der Waals surface area contributed by atoms with Crippen molar-refractivity contribution in [1.29, 1.82) is 0 Å². The summed E-state index contributed by atoms with van der Waals surface area (Å²) in [5, 5.41) is 0. The molecule has 1 rings (SSSR count). The van der Waals surface area contributed by atoms with Gasteiger partial charge in [-0.05, 0) is 12.4 Å². The number of rotatable bonds is 1. The van der Waals surface area contributed by atoms with Crippen molar-refractivity contribution in [2.75, 3.05) is 0 Å². The van der Waals surface area contributed by atoms with Crippen LogP contribution >= 0.6 is 11.8 Å². The van der Waals surface area contributed by atoms with E-state index in [1.165, 1.54) is 0 Å². The second-order valence-electron chi connectivity index (χ2n) is 1.13. The van der Waals surface area contributed by atoms with E-state index in [4.69, 9.17) is 11.8 Å². The first-order valence-corrected chi connectivity index (χ1v) is 2.36. The molecule has 0 aliphatic carbocycles. The second-order valence-corrected chi connectivity index (χ2v) is 1.30. The van der Waals surface area contributed by atoms with Crippen LogP contribution in [0, 0.1) is 0 Å². The van der Waals surface area contributed by atoms with Gasteiger partial charge in [0.2, 0.25) is 0 Å². The fraction of sp³-hybridized carbons (Fsp3) is 0. The highest BCUT2D eigenvalue weighted by molar-refractivity contribution is 6.27. The lowest BCUT2D eigenvalue weighted by Gasteiger charge is -2.00. The van der Waals surface area contributed by atoms with Crippen LogP contribution in [0.25, 0.3) is 4.84 Å². The van der Waals surface area contributed by atoms with Gasteiger partial charge in [-0.25, -0.2) is 0 Å². The number of hydrogen-bond acceptors (Lipinski definition) is 2. The van der Waals surface area contributed by atoms with E-state index in [2.05, 4.69) is 14.8 Å². The van der Waals surface area contributed by atoms with Crippen LogP contribution in [0.1, 0.15) is 0 Å². The molecule has 0 N–H and O–H groups in total. The summed E-state index contributed by atoms with van der Waals surface area (Å²) < 4.78 is 0. The molecule has 0 radical (unpaired) electrons. The maximum Gasteiger partial charge on any atom is 0.0388 e. The fourth-order valence-corrected chi connectivity index (χ4v) is 0.422. The predicted octanol–water partition coefficient (Wildman–Crippen LogP) is 1.64. The van der Waals surface area contributed by atoms with E-state index in [1.807, 2.05) is 0 Å². The van der Waals surface area contributed by atoms with E-state index in [1.54, 1.807) is 18.5 Å². The zero-order valence-corrected chi connectivity index (χ0v) is 4.71. The minimum atomic E-state index is 0.300. The minimum Gasteiger partial charge on any atom is -0.366 e. The third-order valence-electron chi connectivity index (χ3n) is 0.628. The molecule has 1 aromatic heterocycles. The molecule has 0 saturated heterocycles. The second kappa shape index (κ2) is 2.47. The molecule has 0 aromatic carbocycles. The van der Waals surface area contributed by atoms with Gasteiger partial charge >= 0.3 is 0 Å². The summed E-state index contributed by atoms with van der Waals surface area (Å²) in [6, 6.07) is 1.70. The van der Waals surface area contributed by atoms with Gasteiger partial charge in [-0.1, -0.05) is 17.8 Å². The topological polar surface area (TPSA) is 39.9 Å². The lowest BCUT2D eigenvalue weighted by molar-refractivity contribution is 1.20. The average molecular weight is 129 g/mol. The van der Waals surface area contributed by atoms with Gasteiger partial charge in [0.1, 0.15) is 0 Å². The highest BCUT2D eigenvalue weighted by Crippen LogP contribution is 2.09. The molecule has 0 atom stereocenters. The van der Waals surface area contributed by atoms with Crippen molar-refractivity contribution in [2.24, 2.45) is 0 Å². The molecule has 1 aromatic rings. The number of nitrogens with zero attached hydrogens (tertiary/aromatic N) is 3. The third kappa shape index (κ3) is 1.07. The van der Waals surface area contributed by atoms with Crippen LogP contribution < -0.4 is 0 Å². The molecule has 0 spiro atoms. The molecule has 1 heterocycles. The zero-order chi connectivity index (χ0) is 5.82. The van der Waals surface area contributed by atoms with Crippen LogP contribution in [-0.2, 0) is 0 Å². The maximum absolute atomic E-state index is 5.03. The van der Waals surface area contributed by atoms with Gasteiger partial charge in [-0.2, -0.15) is 0 Å². The average Bonchev–Trinajstić information content (AvgIpc) is 1.90. The van der Waals surface area contributed by atoms with E-state index >= 15 is 0 Å². The SMILES string of the molecule is Cl[N-]c1ncccn1. The molecule has 0 saturated carbocycles. The minimum absolute atomic E-state index is 0.300. The fourth-order valence-electron chi connectivity index (χ4n) is 0.335. The molecular weight excluding hydrogens is 126 g/mol. The highest BCUT2D eigenvalue weighted by atomic mass is 35.5. The maximum atomic E-state index is 5.03.